The highest BCUT2D eigenvalue weighted by molar-refractivity contribution is 5.86. The van der Waals surface area contributed by atoms with Gasteiger partial charge < -0.3 is 10.2 Å². The molecular formula is C15H28N2O. The van der Waals surface area contributed by atoms with Crippen molar-refractivity contribution in [3.8, 4) is 0 Å². The van der Waals surface area contributed by atoms with Gasteiger partial charge in [0.05, 0.1) is 5.54 Å². The van der Waals surface area contributed by atoms with Gasteiger partial charge in [-0.2, -0.15) is 0 Å². The Morgan fingerprint density at radius 3 is 2.50 bits per heavy atom. The highest BCUT2D eigenvalue weighted by atomic mass is 16.2. The molecule has 0 radical (unpaired) electrons. The molecule has 1 aliphatic heterocycles. The van der Waals surface area contributed by atoms with E-state index in [1.54, 1.807) is 0 Å². The molecule has 0 aromatic rings. The lowest BCUT2D eigenvalue weighted by atomic mass is 9.85. The molecule has 1 amide bonds. The quantitative estimate of drug-likeness (QED) is 0.837. The summed E-state index contributed by atoms with van der Waals surface area (Å²) < 4.78 is 0. The summed E-state index contributed by atoms with van der Waals surface area (Å²) in [5.41, 5.74) is -0.252. The van der Waals surface area contributed by atoms with Gasteiger partial charge in [0.2, 0.25) is 5.91 Å². The van der Waals surface area contributed by atoms with E-state index in [9.17, 15) is 4.79 Å². The zero-order chi connectivity index (χ0) is 13.2. The van der Waals surface area contributed by atoms with Crippen LogP contribution >= 0.6 is 0 Å². The molecule has 0 aromatic carbocycles. The topological polar surface area (TPSA) is 32.3 Å². The van der Waals surface area contributed by atoms with Gasteiger partial charge in [0.15, 0.2) is 0 Å². The Morgan fingerprint density at radius 2 is 2.00 bits per heavy atom. The Balaban J connectivity index is 1.99. The number of carbonyl (C=O) groups is 1. The van der Waals surface area contributed by atoms with Crippen molar-refractivity contribution in [1.82, 2.24) is 10.2 Å². The Hall–Kier alpha value is -0.570. The lowest BCUT2D eigenvalue weighted by molar-refractivity contribution is -0.139. The highest BCUT2D eigenvalue weighted by Gasteiger charge is 2.42. The molecule has 104 valence electrons. The van der Waals surface area contributed by atoms with E-state index in [2.05, 4.69) is 19.2 Å². The Labute approximate surface area is 111 Å². The monoisotopic (exact) mass is 252 g/mol. The van der Waals surface area contributed by atoms with Gasteiger partial charge >= 0.3 is 0 Å². The van der Waals surface area contributed by atoms with Crippen LogP contribution in [0.2, 0.25) is 0 Å². The van der Waals surface area contributed by atoms with Crippen molar-refractivity contribution in [3.05, 3.63) is 0 Å². The third-order valence-corrected chi connectivity index (χ3v) is 5.11. The van der Waals surface area contributed by atoms with E-state index >= 15 is 0 Å². The fourth-order valence-electron chi connectivity index (χ4n) is 3.57. The molecule has 0 bridgehead atoms. The van der Waals surface area contributed by atoms with Gasteiger partial charge in [-0.15, -0.1) is 0 Å². The first-order valence-electron chi connectivity index (χ1n) is 7.61. The second-order valence-corrected chi connectivity index (χ2v) is 6.30. The smallest absolute Gasteiger partial charge is 0.242 e. The third-order valence-electron chi connectivity index (χ3n) is 5.11. The molecule has 1 atom stereocenters. The van der Waals surface area contributed by atoms with Crippen LogP contribution in [0.1, 0.15) is 58.8 Å². The minimum atomic E-state index is -0.252. The molecule has 1 heterocycles. The summed E-state index contributed by atoms with van der Waals surface area (Å²) in [4.78, 5) is 14.8. The number of carbonyl (C=O) groups excluding carboxylic acids is 1. The summed E-state index contributed by atoms with van der Waals surface area (Å²) >= 11 is 0. The van der Waals surface area contributed by atoms with E-state index in [0.29, 0.717) is 11.9 Å². The molecule has 0 aromatic heterocycles. The first-order chi connectivity index (χ1) is 8.59. The van der Waals surface area contributed by atoms with Gasteiger partial charge in [0.25, 0.3) is 0 Å². The van der Waals surface area contributed by atoms with Crippen LogP contribution in [-0.4, -0.2) is 36.0 Å². The molecule has 1 saturated carbocycles. The molecule has 0 spiro atoms. The highest BCUT2D eigenvalue weighted by Crippen LogP contribution is 2.30. The van der Waals surface area contributed by atoms with Crippen LogP contribution in [0.5, 0.6) is 0 Å². The fourth-order valence-corrected chi connectivity index (χ4v) is 3.57. The Morgan fingerprint density at radius 1 is 1.33 bits per heavy atom. The SMILES string of the molecule is CCC1(C(=O)N(C)C2CCC(C)CC2)CCCN1. The van der Waals surface area contributed by atoms with Gasteiger partial charge in [-0.1, -0.05) is 13.8 Å². The zero-order valence-electron chi connectivity index (χ0n) is 12.2. The van der Waals surface area contributed by atoms with Gasteiger partial charge in [-0.05, 0) is 57.4 Å². The predicted octanol–water partition coefficient (Wildman–Crippen LogP) is 2.56. The second-order valence-electron chi connectivity index (χ2n) is 6.30. The van der Waals surface area contributed by atoms with E-state index in [1.807, 2.05) is 11.9 Å². The number of hydrogen-bond acceptors (Lipinski definition) is 2. The first-order valence-corrected chi connectivity index (χ1v) is 7.61. The summed E-state index contributed by atoms with van der Waals surface area (Å²) in [6.45, 7) is 5.45. The Kier molecular flexibility index (Phi) is 4.31. The minimum Gasteiger partial charge on any atom is -0.341 e. The Bertz CT molecular complexity index is 289. The molecule has 3 heteroatoms. The lowest BCUT2D eigenvalue weighted by Gasteiger charge is -2.39. The molecule has 2 rings (SSSR count). The number of amides is 1. The number of rotatable bonds is 3. The van der Waals surface area contributed by atoms with Crippen LogP contribution in [0.25, 0.3) is 0 Å². The van der Waals surface area contributed by atoms with Gasteiger partial charge in [-0.25, -0.2) is 0 Å². The van der Waals surface area contributed by atoms with Crippen molar-refractivity contribution >= 4 is 5.91 Å². The fraction of sp³-hybridized carbons (Fsp3) is 0.933. The average Bonchev–Trinajstić information content (AvgIpc) is 2.88. The predicted molar refractivity (Wildman–Crippen MR) is 74.4 cm³/mol. The van der Waals surface area contributed by atoms with E-state index < -0.39 is 0 Å². The summed E-state index contributed by atoms with van der Waals surface area (Å²) in [7, 11) is 2.01. The molecule has 1 aliphatic carbocycles. The normalized spacial score (nSPS) is 36.6. The van der Waals surface area contributed by atoms with Crippen molar-refractivity contribution in [3.63, 3.8) is 0 Å². The van der Waals surface area contributed by atoms with Crippen LogP contribution < -0.4 is 5.32 Å². The largest absolute Gasteiger partial charge is 0.341 e. The lowest BCUT2D eigenvalue weighted by Crippen LogP contribution is -2.56. The first kappa shape index (κ1) is 13.9. The van der Waals surface area contributed by atoms with Crippen molar-refractivity contribution in [2.24, 2.45) is 5.92 Å². The molecule has 2 fully saturated rings. The van der Waals surface area contributed by atoms with E-state index in [0.717, 1.165) is 31.7 Å². The van der Waals surface area contributed by atoms with Crippen molar-refractivity contribution < 1.29 is 4.79 Å². The zero-order valence-corrected chi connectivity index (χ0v) is 12.2. The maximum atomic E-state index is 12.7. The molecule has 2 aliphatic rings. The number of hydrogen-bond donors (Lipinski definition) is 1. The summed E-state index contributed by atoms with van der Waals surface area (Å²) in [6.07, 6.45) is 7.97. The van der Waals surface area contributed by atoms with Gasteiger partial charge in [0.1, 0.15) is 0 Å². The molecule has 1 saturated heterocycles. The van der Waals surface area contributed by atoms with Crippen LogP contribution in [0.4, 0.5) is 0 Å². The van der Waals surface area contributed by atoms with E-state index in [1.165, 1.54) is 25.7 Å². The minimum absolute atomic E-state index is 0.252. The maximum absolute atomic E-state index is 12.7. The summed E-state index contributed by atoms with van der Waals surface area (Å²) in [6, 6.07) is 0.472. The van der Waals surface area contributed by atoms with Crippen LogP contribution in [-0.2, 0) is 4.79 Å². The van der Waals surface area contributed by atoms with Gasteiger partial charge in [0, 0.05) is 13.1 Å². The standard InChI is InChI=1S/C15H28N2O/c1-4-15(10-5-11-16-15)14(18)17(3)13-8-6-12(2)7-9-13/h12-13,16H,4-11H2,1-3H3. The van der Waals surface area contributed by atoms with E-state index in [-0.39, 0.29) is 5.54 Å². The second kappa shape index (κ2) is 5.60. The van der Waals surface area contributed by atoms with Crippen LogP contribution in [0.3, 0.4) is 0 Å². The summed E-state index contributed by atoms with van der Waals surface area (Å²) in [5, 5.41) is 3.46. The third kappa shape index (κ3) is 2.56. The maximum Gasteiger partial charge on any atom is 0.242 e. The van der Waals surface area contributed by atoms with Crippen molar-refractivity contribution in [1.29, 1.82) is 0 Å². The summed E-state index contributed by atoms with van der Waals surface area (Å²) in [5.74, 6) is 1.18. The van der Waals surface area contributed by atoms with Gasteiger partial charge in [-0.3, -0.25) is 4.79 Å². The number of nitrogens with one attached hydrogen (secondary N) is 1. The van der Waals surface area contributed by atoms with Crippen LogP contribution in [0.15, 0.2) is 0 Å². The number of likely N-dealkylation sites (N-methyl/N-ethyl adjacent to an activating group) is 1. The van der Waals surface area contributed by atoms with E-state index in [4.69, 9.17) is 0 Å². The molecule has 1 unspecified atom stereocenters. The van der Waals surface area contributed by atoms with Crippen molar-refractivity contribution in [2.45, 2.75) is 70.4 Å². The van der Waals surface area contributed by atoms with Crippen molar-refractivity contribution in [2.75, 3.05) is 13.6 Å². The number of nitrogens with zero attached hydrogens (tertiary/aromatic N) is 1. The molecule has 1 N–H and O–H groups in total. The average molecular weight is 252 g/mol. The van der Waals surface area contributed by atoms with Crippen LogP contribution in [0, 0.1) is 5.92 Å². The molecular weight excluding hydrogens is 224 g/mol. The molecule has 18 heavy (non-hydrogen) atoms. The molecule has 3 nitrogen and oxygen atoms in total.